The van der Waals surface area contributed by atoms with Gasteiger partial charge in [-0.25, -0.2) is 4.79 Å². The molecule has 0 fully saturated rings. The molecule has 2 aromatic rings. The summed E-state index contributed by atoms with van der Waals surface area (Å²) in [6, 6.07) is 15.7. The quantitative estimate of drug-likeness (QED) is 0.728. The average Bonchev–Trinajstić information content (AvgIpc) is 2.52. The highest BCUT2D eigenvalue weighted by Gasteiger charge is 2.07. The van der Waals surface area contributed by atoms with Crippen LogP contribution < -0.4 is 10.1 Å². The fourth-order valence-corrected chi connectivity index (χ4v) is 1.77. The van der Waals surface area contributed by atoms with Gasteiger partial charge in [-0.3, -0.25) is 0 Å². The summed E-state index contributed by atoms with van der Waals surface area (Å²) in [5.74, 6) is -0.281. The van der Waals surface area contributed by atoms with Crippen LogP contribution in [0.5, 0.6) is 5.75 Å². The first-order valence-corrected chi connectivity index (χ1v) is 6.58. The van der Waals surface area contributed by atoms with Crippen molar-refractivity contribution in [2.45, 2.75) is 6.10 Å². The SMILES string of the molecule is O=C(O)c1cccc(NC[C@@H](O)COc2ccccc2)c1. The van der Waals surface area contributed by atoms with Crippen LogP contribution in [0.2, 0.25) is 0 Å². The maximum Gasteiger partial charge on any atom is 0.335 e. The third-order valence-corrected chi connectivity index (χ3v) is 2.84. The van der Waals surface area contributed by atoms with Crippen LogP contribution in [0.1, 0.15) is 10.4 Å². The summed E-state index contributed by atoms with van der Waals surface area (Å²) in [6.45, 7) is 0.436. The van der Waals surface area contributed by atoms with Gasteiger partial charge >= 0.3 is 5.97 Å². The van der Waals surface area contributed by atoms with Gasteiger partial charge < -0.3 is 20.3 Å². The smallest absolute Gasteiger partial charge is 0.335 e. The van der Waals surface area contributed by atoms with E-state index in [0.717, 1.165) is 0 Å². The van der Waals surface area contributed by atoms with E-state index < -0.39 is 12.1 Å². The Balaban J connectivity index is 1.80. The Morgan fingerprint density at radius 1 is 1.14 bits per heavy atom. The Kier molecular flexibility index (Phi) is 5.17. The van der Waals surface area contributed by atoms with Crippen LogP contribution in [-0.2, 0) is 0 Å². The van der Waals surface area contributed by atoms with Crippen molar-refractivity contribution in [3.63, 3.8) is 0 Å². The number of aromatic carboxylic acids is 1. The molecule has 21 heavy (non-hydrogen) atoms. The number of hydrogen-bond donors (Lipinski definition) is 3. The van der Waals surface area contributed by atoms with Gasteiger partial charge in [0.05, 0.1) is 5.56 Å². The van der Waals surface area contributed by atoms with Gasteiger partial charge in [0, 0.05) is 12.2 Å². The first-order chi connectivity index (χ1) is 10.1. The number of carboxylic acid groups (broad SMARTS) is 1. The number of para-hydroxylation sites is 1. The summed E-state index contributed by atoms with van der Waals surface area (Å²) in [6.07, 6.45) is -0.696. The summed E-state index contributed by atoms with van der Waals surface area (Å²) in [7, 11) is 0. The maximum atomic E-state index is 10.9. The van der Waals surface area contributed by atoms with E-state index >= 15 is 0 Å². The van der Waals surface area contributed by atoms with Crippen LogP contribution in [0.3, 0.4) is 0 Å². The largest absolute Gasteiger partial charge is 0.491 e. The molecular weight excluding hydrogens is 270 g/mol. The van der Waals surface area contributed by atoms with Crippen LogP contribution in [0.25, 0.3) is 0 Å². The molecule has 0 saturated carbocycles. The summed E-state index contributed by atoms with van der Waals surface area (Å²) < 4.78 is 5.43. The molecule has 3 N–H and O–H groups in total. The minimum absolute atomic E-state index is 0.162. The number of anilines is 1. The van der Waals surface area contributed by atoms with Gasteiger partial charge in [0.25, 0.3) is 0 Å². The molecule has 0 aromatic heterocycles. The Morgan fingerprint density at radius 2 is 1.90 bits per heavy atom. The van der Waals surface area contributed by atoms with Crippen LogP contribution >= 0.6 is 0 Å². The molecule has 2 rings (SSSR count). The highest BCUT2D eigenvalue weighted by Crippen LogP contribution is 2.11. The number of carbonyl (C=O) groups is 1. The standard InChI is InChI=1S/C16H17NO4/c18-14(11-21-15-7-2-1-3-8-15)10-17-13-6-4-5-12(9-13)16(19)20/h1-9,14,17-18H,10-11H2,(H,19,20)/t14-/m1/s1. The number of nitrogens with one attached hydrogen (secondary N) is 1. The second-order valence-corrected chi connectivity index (χ2v) is 4.54. The molecule has 5 heteroatoms. The molecule has 0 aliphatic rings. The van der Waals surface area contributed by atoms with Crippen LogP contribution in [0.15, 0.2) is 54.6 Å². The van der Waals surface area contributed by atoms with E-state index in [0.29, 0.717) is 11.4 Å². The molecule has 0 aliphatic heterocycles. The zero-order valence-electron chi connectivity index (χ0n) is 11.4. The van der Waals surface area contributed by atoms with Crippen molar-refractivity contribution >= 4 is 11.7 Å². The number of aliphatic hydroxyl groups is 1. The van der Waals surface area contributed by atoms with E-state index in [2.05, 4.69) is 5.32 Å². The average molecular weight is 287 g/mol. The molecule has 0 aliphatic carbocycles. The van der Waals surface area contributed by atoms with Gasteiger partial charge in [0.1, 0.15) is 18.5 Å². The minimum Gasteiger partial charge on any atom is -0.491 e. The molecule has 0 saturated heterocycles. The zero-order valence-corrected chi connectivity index (χ0v) is 11.4. The van der Waals surface area contributed by atoms with Crippen LogP contribution in [0, 0.1) is 0 Å². The number of ether oxygens (including phenoxy) is 1. The monoisotopic (exact) mass is 287 g/mol. The number of rotatable bonds is 7. The summed E-state index contributed by atoms with van der Waals surface area (Å²) in [5, 5.41) is 21.7. The van der Waals surface area contributed by atoms with Crippen LogP contribution in [0.4, 0.5) is 5.69 Å². The Bertz CT molecular complexity index is 586. The van der Waals surface area contributed by atoms with Gasteiger partial charge in [0.15, 0.2) is 0 Å². The second kappa shape index (κ2) is 7.31. The number of aliphatic hydroxyl groups excluding tert-OH is 1. The van der Waals surface area contributed by atoms with Gasteiger partial charge in [-0.05, 0) is 30.3 Å². The topological polar surface area (TPSA) is 78.8 Å². The van der Waals surface area contributed by atoms with E-state index in [1.807, 2.05) is 30.3 Å². The van der Waals surface area contributed by atoms with E-state index in [-0.39, 0.29) is 18.7 Å². The van der Waals surface area contributed by atoms with Crippen molar-refractivity contribution in [3.8, 4) is 5.75 Å². The van der Waals surface area contributed by atoms with Crippen molar-refractivity contribution in [1.82, 2.24) is 0 Å². The third kappa shape index (κ3) is 4.81. The van der Waals surface area contributed by atoms with Gasteiger partial charge in [-0.1, -0.05) is 24.3 Å². The lowest BCUT2D eigenvalue weighted by Crippen LogP contribution is -2.26. The lowest BCUT2D eigenvalue weighted by Gasteiger charge is -2.14. The molecule has 1 atom stereocenters. The summed E-state index contributed by atoms with van der Waals surface area (Å²) in [4.78, 5) is 10.9. The van der Waals surface area contributed by atoms with E-state index in [1.54, 1.807) is 12.1 Å². The molecule has 2 aromatic carbocycles. The molecule has 0 radical (unpaired) electrons. The van der Waals surface area contributed by atoms with Crippen molar-refractivity contribution in [2.75, 3.05) is 18.5 Å². The Hall–Kier alpha value is -2.53. The predicted octanol–water partition coefficient (Wildman–Crippen LogP) is 2.24. The number of hydrogen-bond acceptors (Lipinski definition) is 4. The second-order valence-electron chi connectivity index (χ2n) is 4.54. The number of carboxylic acids is 1. The lowest BCUT2D eigenvalue weighted by atomic mass is 10.2. The molecule has 5 nitrogen and oxygen atoms in total. The fraction of sp³-hybridized carbons (Fsp3) is 0.188. The summed E-state index contributed by atoms with van der Waals surface area (Å²) in [5.41, 5.74) is 0.851. The van der Waals surface area contributed by atoms with Crippen LogP contribution in [-0.4, -0.2) is 35.4 Å². The molecule has 0 amide bonds. The third-order valence-electron chi connectivity index (χ3n) is 2.84. The molecule has 110 valence electrons. The molecule has 0 unspecified atom stereocenters. The van der Waals surface area contributed by atoms with Crippen molar-refractivity contribution in [2.24, 2.45) is 0 Å². The Labute approximate surface area is 122 Å². The van der Waals surface area contributed by atoms with Crippen molar-refractivity contribution in [1.29, 1.82) is 0 Å². The maximum absolute atomic E-state index is 10.9. The molecule has 0 bridgehead atoms. The highest BCUT2D eigenvalue weighted by molar-refractivity contribution is 5.88. The predicted molar refractivity (Wildman–Crippen MR) is 79.8 cm³/mol. The van der Waals surface area contributed by atoms with Gasteiger partial charge in [0.2, 0.25) is 0 Å². The molecule has 0 spiro atoms. The summed E-state index contributed by atoms with van der Waals surface area (Å²) >= 11 is 0. The Morgan fingerprint density at radius 3 is 2.62 bits per heavy atom. The van der Waals surface area contributed by atoms with Crippen molar-refractivity contribution in [3.05, 3.63) is 60.2 Å². The normalized spacial score (nSPS) is 11.7. The van der Waals surface area contributed by atoms with Crippen molar-refractivity contribution < 1.29 is 19.7 Å². The van der Waals surface area contributed by atoms with Gasteiger partial charge in [-0.15, -0.1) is 0 Å². The van der Waals surface area contributed by atoms with E-state index in [1.165, 1.54) is 12.1 Å². The lowest BCUT2D eigenvalue weighted by molar-refractivity contribution is 0.0697. The zero-order chi connectivity index (χ0) is 15.1. The number of benzene rings is 2. The minimum atomic E-state index is -0.980. The molecule has 0 heterocycles. The first kappa shape index (κ1) is 14.9. The van der Waals surface area contributed by atoms with E-state index in [4.69, 9.17) is 9.84 Å². The van der Waals surface area contributed by atoms with Gasteiger partial charge in [-0.2, -0.15) is 0 Å². The molecular formula is C16H17NO4. The van der Waals surface area contributed by atoms with E-state index in [9.17, 15) is 9.90 Å². The highest BCUT2D eigenvalue weighted by atomic mass is 16.5. The fourth-order valence-electron chi connectivity index (χ4n) is 1.77. The first-order valence-electron chi connectivity index (χ1n) is 6.58.